The standard InChI is InChI=1S/C8H10BrNO5/c1-12-7(11)5-4(6(9)10-15-5)8(13-2)14-3/h8H,1-3H3. The first-order valence-corrected chi connectivity index (χ1v) is 4.74. The highest BCUT2D eigenvalue weighted by atomic mass is 79.9. The summed E-state index contributed by atoms with van der Waals surface area (Å²) in [4.78, 5) is 11.3. The molecule has 0 N–H and O–H groups in total. The summed E-state index contributed by atoms with van der Waals surface area (Å²) < 4.78 is 19.7. The van der Waals surface area contributed by atoms with Gasteiger partial charge in [0.1, 0.15) is 0 Å². The molecule has 0 aliphatic heterocycles. The van der Waals surface area contributed by atoms with Gasteiger partial charge in [-0.3, -0.25) is 0 Å². The van der Waals surface area contributed by atoms with E-state index < -0.39 is 12.3 Å². The Morgan fingerprint density at radius 1 is 1.40 bits per heavy atom. The number of esters is 1. The average Bonchev–Trinajstić information content (AvgIpc) is 2.62. The van der Waals surface area contributed by atoms with Crippen LogP contribution in [-0.2, 0) is 14.2 Å². The van der Waals surface area contributed by atoms with E-state index in [0.29, 0.717) is 10.2 Å². The van der Waals surface area contributed by atoms with Gasteiger partial charge >= 0.3 is 5.97 Å². The van der Waals surface area contributed by atoms with Crippen molar-refractivity contribution >= 4 is 21.9 Å². The molecule has 6 nitrogen and oxygen atoms in total. The van der Waals surface area contributed by atoms with Crippen LogP contribution in [0.4, 0.5) is 0 Å². The third kappa shape index (κ3) is 2.36. The molecule has 0 bridgehead atoms. The first-order chi connectivity index (χ1) is 7.15. The predicted octanol–water partition coefficient (Wildman–Crippen LogP) is 1.52. The Kier molecular flexibility index (Phi) is 4.25. The van der Waals surface area contributed by atoms with Crippen LogP contribution in [0, 0.1) is 0 Å². The maximum Gasteiger partial charge on any atom is 0.377 e. The van der Waals surface area contributed by atoms with Crippen molar-refractivity contribution in [3.05, 3.63) is 15.9 Å². The first kappa shape index (κ1) is 12.2. The van der Waals surface area contributed by atoms with Crippen molar-refractivity contribution in [3.8, 4) is 0 Å². The van der Waals surface area contributed by atoms with E-state index in [1.54, 1.807) is 0 Å². The molecule has 0 fully saturated rings. The second kappa shape index (κ2) is 5.24. The summed E-state index contributed by atoms with van der Waals surface area (Å²) in [6.07, 6.45) is -0.736. The summed E-state index contributed by atoms with van der Waals surface area (Å²) in [5.41, 5.74) is 0.367. The zero-order valence-corrected chi connectivity index (χ0v) is 10.0. The highest BCUT2D eigenvalue weighted by molar-refractivity contribution is 9.10. The lowest BCUT2D eigenvalue weighted by molar-refractivity contribution is -0.107. The number of nitrogens with zero attached hydrogens (tertiary/aromatic N) is 1. The maximum absolute atomic E-state index is 11.3. The van der Waals surface area contributed by atoms with Crippen molar-refractivity contribution < 1.29 is 23.5 Å². The minimum Gasteiger partial charge on any atom is -0.463 e. The van der Waals surface area contributed by atoms with Crippen molar-refractivity contribution in [2.75, 3.05) is 21.3 Å². The van der Waals surface area contributed by atoms with Crippen LogP contribution in [0.1, 0.15) is 22.4 Å². The summed E-state index contributed by atoms with van der Waals surface area (Å²) in [6, 6.07) is 0. The molecular formula is C8H10BrNO5. The molecule has 1 rings (SSSR count). The van der Waals surface area contributed by atoms with E-state index in [1.165, 1.54) is 21.3 Å². The first-order valence-electron chi connectivity index (χ1n) is 3.94. The van der Waals surface area contributed by atoms with Crippen molar-refractivity contribution in [2.45, 2.75) is 6.29 Å². The number of halogens is 1. The maximum atomic E-state index is 11.3. The van der Waals surface area contributed by atoms with E-state index in [4.69, 9.17) is 14.0 Å². The molecule has 0 aliphatic rings. The highest BCUT2D eigenvalue weighted by Gasteiger charge is 2.28. The number of ether oxygens (including phenoxy) is 3. The fraction of sp³-hybridized carbons (Fsp3) is 0.500. The summed E-state index contributed by atoms with van der Waals surface area (Å²) in [5, 5.41) is 3.58. The summed E-state index contributed by atoms with van der Waals surface area (Å²) in [6.45, 7) is 0. The van der Waals surface area contributed by atoms with E-state index in [1.807, 2.05) is 0 Å². The van der Waals surface area contributed by atoms with Crippen LogP contribution in [-0.4, -0.2) is 32.5 Å². The van der Waals surface area contributed by atoms with Gasteiger partial charge in [0.25, 0.3) is 5.76 Å². The van der Waals surface area contributed by atoms with E-state index in [9.17, 15) is 4.79 Å². The molecule has 0 atom stereocenters. The predicted molar refractivity (Wildman–Crippen MR) is 52.3 cm³/mol. The third-order valence-electron chi connectivity index (χ3n) is 1.72. The normalized spacial score (nSPS) is 10.7. The molecule has 0 saturated carbocycles. The van der Waals surface area contributed by atoms with Gasteiger partial charge in [-0.1, -0.05) is 5.16 Å². The molecule has 15 heavy (non-hydrogen) atoms. The highest BCUT2D eigenvalue weighted by Crippen LogP contribution is 2.29. The van der Waals surface area contributed by atoms with Gasteiger partial charge in [-0.15, -0.1) is 0 Å². The lowest BCUT2D eigenvalue weighted by Crippen LogP contribution is -2.10. The van der Waals surface area contributed by atoms with Gasteiger partial charge in [0.05, 0.1) is 12.7 Å². The minimum atomic E-state index is -0.736. The van der Waals surface area contributed by atoms with Gasteiger partial charge in [-0.2, -0.15) is 0 Å². The van der Waals surface area contributed by atoms with Crippen LogP contribution in [0.2, 0.25) is 0 Å². The fourth-order valence-corrected chi connectivity index (χ4v) is 1.49. The summed E-state index contributed by atoms with van der Waals surface area (Å²) >= 11 is 3.12. The Hall–Kier alpha value is -0.920. The molecule has 1 aromatic heterocycles. The Bertz CT molecular complexity index is 347. The van der Waals surface area contributed by atoms with Gasteiger partial charge in [-0.25, -0.2) is 4.79 Å². The molecular weight excluding hydrogens is 270 g/mol. The van der Waals surface area contributed by atoms with Gasteiger partial charge < -0.3 is 18.7 Å². The minimum absolute atomic E-state index is 0.0434. The lowest BCUT2D eigenvalue weighted by atomic mass is 10.2. The van der Waals surface area contributed by atoms with Crippen molar-refractivity contribution in [3.63, 3.8) is 0 Å². The molecule has 0 unspecified atom stereocenters. The second-order valence-corrected chi connectivity index (χ2v) is 3.26. The number of aromatic nitrogens is 1. The van der Waals surface area contributed by atoms with Crippen LogP contribution in [0.15, 0.2) is 9.13 Å². The Morgan fingerprint density at radius 2 is 2.00 bits per heavy atom. The van der Waals surface area contributed by atoms with Crippen LogP contribution >= 0.6 is 15.9 Å². The third-order valence-corrected chi connectivity index (χ3v) is 2.29. The molecule has 0 spiro atoms. The number of hydrogen-bond acceptors (Lipinski definition) is 6. The van der Waals surface area contributed by atoms with Crippen molar-refractivity contribution in [2.24, 2.45) is 0 Å². The van der Waals surface area contributed by atoms with Gasteiger partial charge in [-0.05, 0) is 15.9 Å². The average molecular weight is 280 g/mol. The smallest absolute Gasteiger partial charge is 0.377 e. The van der Waals surface area contributed by atoms with E-state index in [2.05, 4.69) is 25.8 Å². The van der Waals surface area contributed by atoms with Crippen LogP contribution in [0.5, 0.6) is 0 Å². The SMILES string of the molecule is COC(=O)c1onc(Br)c1C(OC)OC. The van der Waals surface area contributed by atoms with E-state index in [-0.39, 0.29) is 5.76 Å². The summed E-state index contributed by atoms with van der Waals surface area (Å²) in [7, 11) is 4.13. The molecule has 0 aromatic carbocycles. The molecule has 0 saturated heterocycles. The van der Waals surface area contributed by atoms with Crippen molar-refractivity contribution in [1.82, 2.24) is 5.16 Å². The molecule has 0 radical (unpaired) electrons. The molecule has 7 heteroatoms. The molecule has 0 amide bonds. The quantitative estimate of drug-likeness (QED) is 0.615. The number of carbonyl (C=O) groups excluding carboxylic acids is 1. The Morgan fingerprint density at radius 3 is 2.47 bits per heavy atom. The van der Waals surface area contributed by atoms with Crippen LogP contribution in [0.25, 0.3) is 0 Å². The Balaban J connectivity index is 3.13. The molecule has 0 aliphatic carbocycles. The number of carbonyl (C=O) groups is 1. The molecule has 1 aromatic rings. The number of hydrogen-bond donors (Lipinski definition) is 0. The zero-order chi connectivity index (χ0) is 11.4. The van der Waals surface area contributed by atoms with Crippen LogP contribution < -0.4 is 0 Å². The topological polar surface area (TPSA) is 70.8 Å². The largest absolute Gasteiger partial charge is 0.463 e. The number of rotatable bonds is 4. The van der Waals surface area contributed by atoms with E-state index >= 15 is 0 Å². The summed E-state index contributed by atoms with van der Waals surface area (Å²) in [5.74, 6) is -0.680. The van der Waals surface area contributed by atoms with E-state index in [0.717, 1.165) is 0 Å². The lowest BCUT2D eigenvalue weighted by Gasteiger charge is -2.11. The second-order valence-electron chi connectivity index (χ2n) is 2.51. The van der Waals surface area contributed by atoms with Gasteiger partial charge in [0.2, 0.25) is 0 Å². The van der Waals surface area contributed by atoms with Crippen LogP contribution in [0.3, 0.4) is 0 Å². The fourth-order valence-electron chi connectivity index (χ4n) is 1.05. The molecule has 1 heterocycles. The number of methoxy groups -OCH3 is 3. The monoisotopic (exact) mass is 279 g/mol. The van der Waals surface area contributed by atoms with Crippen molar-refractivity contribution in [1.29, 1.82) is 0 Å². The Labute approximate surface area is 94.6 Å². The van der Waals surface area contributed by atoms with Gasteiger partial charge in [0.15, 0.2) is 10.9 Å². The molecule has 84 valence electrons. The van der Waals surface area contributed by atoms with Gasteiger partial charge in [0, 0.05) is 14.2 Å². The zero-order valence-electron chi connectivity index (χ0n) is 8.44.